The SMILES string of the molecule is C=CCn1c(Cc2csc(NC(=O)c3ccccc3OC)n2)n[nH]c1=S. The van der Waals surface area contributed by atoms with Crippen LogP contribution < -0.4 is 10.1 Å². The van der Waals surface area contributed by atoms with Crippen LogP contribution >= 0.6 is 23.6 Å². The number of amides is 1. The number of aromatic nitrogens is 4. The maximum Gasteiger partial charge on any atom is 0.261 e. The lowest BCUT2D eigenvalue weighted by Gasteiger charge is -2.07. The van der Waals surface area contributed by atoms with Crippen molar-refractivity contribution in [1.29, 1.82) is 0 Å². The minimum absolute atomic E-state index is 0.266. The van der Waals surface area contributed by atoms with Crippen molar-refractivity contribution in [3.8, 4) is 5.75 Å². The van der Waals surface area contributed by atoms with Crippen LogP contribution in [-0.2, 0) is 13.0 Å². The summed E-state index contributed by atoms with van der Waals surface area (Å²) in [6, 6.07) is 7.04. The number of nitrogens with zero attached hydrogens (tertiary/aromatic N) is 3. The van der Waals surface area contributed by atoms with Gasteiger partial charge in [-0.2, -0.15) is 5.10 Å². The number of hydrogen-bond acceptors (Lipinski definition) is 6. The maximum atomic E-state index is 12.4. The topological polar surface area (TPSA) is 84.8 Å². The molecule has 7 nitrogen and oxygen atoms in total. The summed E-state index contributed by atoms with van der Waals surface area (Å²) in [7, 11) is 1.53. The number of H-pyrrole nitrogens is 1. The molecule has 1 amide bonds. The Hall–Kier alpha value is -2.78. The van der Waals surface area contributed by atoms with Gasteiger partial charge in [-0.05, 0) is 24.4 Å². The Morgan fingerprint density at radius 3 is 3.08 bits per heavy atom. The second-order valence-electron chi connectivity index (χ2n) is 5.32. The molecule has 0 unspecified atom stereocenters. The van der Waals surface area contributed by atoms with Gasteiger partial charge in [-0.25, -0.2) is 4.98 Å². The highest BCUT2D eigenvalue weighted by Crippen LogP contribution is 2.22. The zero-order valence-corrected chi connectivity index (χ0v) is 15.7. The predicted molar refractivity (Wildman–Crippen MR) is 103 cm³/mol. The summed E-state index contributed by atoms with van der Waals surface area (Å²) in [5, 5.41) is 12.2. The number of anilines is 1. The number of hydrogen-bond donors (Lipinski definition) is 2. The molecule has 3 rings (SSSR count). The van der Waals surface area contributed by atoms with Gasteiger partial charge in [0.2, 0.25) is 0 Å². The van der Waals surface area contributed by atoms with Crippen LogP contribution in [0.25, 0.3) is 0 Å². The molecule has 2 N–H and O–H groups in total. The van der Waals surface area contributed by atoms with Crippen molar-refractivity contribution >= 4 is 34.6 Å². The lowest BCUT2D eigenvalue weighted by Crippen LogP contribution is -2.13. The second kappa shape index (κ2) is 8.07. The molecule has 26 heavy (non-hydrogen) atoms. The van der Waals surface area contributed by atoms with Crippen molar-refractivity contribution < 1.29 is 9.53 Å². The van der Waals surface area contributed by atoms with Gasteiger partial charge in [0.05, 0.1) is 24.8 Å². The van der Waals surface area contributed by atoms with Crippen LogP contribution in [0.4, 0.5) is 5.13 Å². The number of rotatable bonds is 7. The second-order valence-corrected chi connectivity index (χ2v) is 6.56. The monoisotopic (exact) mass is 387 g/mol. The average molecular weight is 387 g/mol. The third kappa shape index (κ3) is 3.89. The summed E-state index contributed by atoms with van der Waals surface area (Å²) in [4.78, 5) is 16.9. The van der Waals surface area contributed by atoms with Crippen molar-refractivity contribution in [2.75, 3.05) is 12.4 Å². The third-order valence-electron chi connectivity index (χ3n) is 3.61. The quantitative estimate of drug-likeness (QED) is 0.479. The summed E-state index contributed by atoms with van der Waals surface area (Å²) in [6.45, 7) is 4.30. The van der Waals surface area contributed by atoms with E-state index in [4.69, 9.17) is 17.0 Å². The number of benzene rings is 1. The lowest BCUT2D eigenvalue weighted by molar-refractivity contribution is 0.102. The van der Waals surface area contributed by atoms with Gasteiger partial charge < -0.3 is 4.74 Å². The van der Waals surface area contributed by atoms with E-state index in [9.17, 15) is 4.79 Å². The van der Waals surface area contributed by atoms with Gasteiger partial charge in [0.25, 0.3) is 5.91 Å². The molecule has 0 saturated heterocycles. The summed E-state index contributed by atoms with van der Waals surface area (Å²) >= 11 is 6.56. The summed E-state index contributed by atoms with van der Waals surface area (Å²) in [5.41, 5.74) is 1.25. The van der Waals surface area contributed by atoms with Crippen LogP contribution in [0.2, 0.25) is 0 Å². The number of methoxy groups -OCH3 is 1. The van der Waals surface area contributed by atoms with E-state index in [-0.39, 0.29) is 5.91 Å². The molecule has 0 aliphatic heterocycles. The molecule has 0 saturated carbocycles. The summed E-state index contributed by atoms with van der Waals surface area (Å²) < 4.78 is 7.61. The zero-order chi connectivity index (χ0) is 18.5. The lowest BCUT2D eigenvalue weighted by atomic mass is 10.2. The summed E-state index contributed by atoms with van der Waals surface area (Å²) in [5.74, 6) is 1.02. The number of allylic oxidation sites excluding steroid dienone is 1. The highest BCUT2D eigenvalue weighted by Gasteiger charge is 2.14. The molecule has 0 fully saturated rings. The fraction of sp³-hybridized carbons (Fsp3) is 0.176. The molecule has 0 atom stereocenters. The first-order chi connectivity index (χ1) is 12.6. The van der Waals surface area contributed by atoms with E-state index >= 15 is 0 Å². The van der Waals surface area contributed by atoms with E-state index in [0.717, 1.165) is 11.5 Å². The predicted octanol–water partition coefficient (Wildman–Crippen LogP) is 3.43. The molecule has 0 aliphatic carbocycles. The molecule has 9 heteroatoms. The average Bonchev–Trinajstić information content (AvgIpc) is 3.23. The normalized spacial score (nSPS) is 10.5. The molecule has 1 aromatic carbocycles. The Balaban J connectivity index is 1.73. The molecule has 0 spiro atoms. The maximum absolute atomic E-state index is 12.4. The minimum atomic E-state index is -0.266. The van der Waals surface area contributed by atoms with Crippen LogP contribution in [0.3, 0.4) is 0 Å². The molecule has 0 radical (unpaired) electrons. The molecular formula is C17H17N5O2S2. The van der Waals surface area contributed by atoms with Crippen molar-refractivity contribution in [1.82, 2.24) is 19.7 Å². The van der Waals surface area contributed by atoms with E-state index in [1.54, 1.807) is 24.3 Å². The Morgan fingerprint density at radius 2 is 2.31 bits per heavy atom. The number of carbonyl (C=O) groups is 1. The first-order valence-electron chi connectivity index (χ1n) is 7.76. The van der Waals surface area contributed by atoms with Gasteiger partial charge >= 0.3 is 0 Å². The van der Waals surface area contributed by atoms with E-state index in [1.165, 1.54) is 18.4 Å². The van der Waals surface area contributed by atoms with E-state index < -0.39 is 0 Å². The largest absolute Gasteiger partial charge is 0.496 e. The number of para-hydroxylation sites is 1. The third-order valence-corrected chi connectivity index (χ3v) is 4.73. The number of carbonyl (C=O) groups excluding carboxylic acids is 1. The van der Waals surface area contributed by atoms with Crippen LogP contribution in [0, 0.1) is 4.77 Å². The van der Waals surface area contributed by atoms with Gasteiger partial charge in [-0.15, -0.1) is 17.9 Å². The molecule has 2 aromatic heterocycles. The van der Waals surface area contributed by atoms with Crippen molar-refractivity contribution in [3.63, 3.8) is 0 Å². The van der Waals surface area contributed by atoms with Crippen molar-refractivity contribution in [2.24, 2.45) is 0 Å². The number of aromatic amines is 1. The van der Waals surface area contributed by atoms with E-state index in [1.807, 2.05) is 16.0 Å². The molecular weight excluding hydrogens is 370 g/mol. The van der Waals surface area contributed by atoms with Gasteiger partial charge in [0.1, 0.15) is 11.6 Å². The first kappa shape index (κ1) is 18.0. The Morgan fingerprint density at radius 1 is 1.50 bits per heavy atom. The molecule has 0 aliphatic rings. The van der Waals surface area contributed by atoms with Gasteiger partial charge in [-0.1, -0.05) is 18.2 Å². The van der Waals surface area contributed by atoms with Gasteiger partial charge in [-0.3, -0.25) is 19.8 Å². The fourth-order valence-corrected chi connectivity index (χ4v) is 3.34. The van der Waals surface area contributed by atoms with Crippen LogP contribution in [0.5, 0.6) is 5.75 Å². The van der Waals surface area contributed by atoms with Crippen molar-refractivity contribution in [3.05, 3.63) is 64.2 Å². The number of ether oxygens (including phenoxy) is 1. The summed E-state index contributed by atoms with van der Waals surface area (Å²) in [6.07, 6.45) is 2.26. The fourth-order valence-electron chi connectivity index (χ4n) is 2.41. The minimum Gasteiger partial charge on any atom is -0.496 e. The zero-order valence-electron chi connectivity index (χ0n) is 14.1. The molecule has 2 heterocycles. The molecule has 3 aromatic rings. The standard InChI is InChI=1S/C17H17N5O2S2/c1-3-8-22-14(20-21-17(22)25)9-11-10-26-16(18-11)19-15(23)12-6-4-5-7-13(12)24-2/h3-7,10H,1,8-9H2,2H3,(H,21,25)(H,18,19,23). The Labute approximate surface area is 159 Å². The smallest absolute Gasteiger partial charge is 0.261 e. The van der Waals surface area contributed by atoms with E-state index in [0.29, 0.717) is 34.2 Å². The highest BCUT2D eigenvalue weighted by molar-refractivity contribution is 7.71. The Kier molecular flexibility index (Phi) is 5.59. The first-order valence-corrected chi connectivity index (χ1v) is 9.05. The van der Waals surface area contributed by atoms with Gasteiger partial charge in [0, 0.05) is 11.9 Å². The molecule has 0 bridgehead atoms. The van der Waals surface area contributed by atoms with Crippen LogP contribution in [0.15, 0.2) is 42.3 Å². The van der Waals surface area contributed by atoms with Crippen molar-refractivity contribution in [2.45, 2.75) is 13.0 Å². The van der Waals surface area contributed by atoms with Crippen LogP contribution in [-0.4, -0.2) is 32.8 Å². The van der Waals surface area contributed by atoms with Crippen LogP contribution in [0.1, 0.15) is 21.9 Å². The van der Waals surface area contributed by atoms with E-state index in [2.05, 4.69) is 27.1 Å². The number of thiazole rings is 1. The van der Waals surface area contributed by atoms with Gasteiger partial charge in [0.15, 0.2) is 9.90 Å². The Bertz CT molecular complexity index is 989. The molecule has 134 valence electrons. The highest BCUT2D eigenvalue weighted by atomic mass is 32.1. The number of nitrogens with one attached hydrogen (secondary N) is 2.